The minimum atomic E-state index is -0.216. The molecule has 0 heterocycles. The van der Waals surface area contributed by atoms with Gasteiger partial charge >= 0.3 is 0 Å². The number of carbonyl (C=O) groups excluding carboxylic acids is 1. The molecular weight excluding hydrogens is 140 g/mol. The zero-order valence-corrected chi connectivity index (χ0v) is 7.47. The van der Waals surface area contributed by atoms with Crippen molar-refractivity contribution in [3.05, 3.63) is 0 Å². The van der Waals surface area contributed by atoms with Gasteiger partial charge in [0.15, 0.2) is 0 Å². The lowest BCUT2D eigenvalue weighted by atomic mass is 10.1. The van der Waals surface area contributed by atoms with Crippen molar-refractivity contribution in [2.24, 2.45) is 0 Å². The Morgan fingerprint density at radius 2 is 2.09 bits per heavy atom. The van der Waals surface area contributed by atoms with Crippen molar-refractivity contribution in [1.82, 2.24) is 0 Å². The van der Waals surface area contributed by atoms with Crippen LogP contribution in [0.2, 0.25) is 0 Å². The third-order valence-electron chi connectivity index (χ3n) is 1.72. The van der Waals surface area contributed by atoms with Gasteiger partial charge in [-0.05, 0) is 19.8 Å². The highest BCUT2D eigenvalue weighted by atomic mass is 16.3. The molecule has 0 bridgehead atoms. The highest BCUT2D eigenvalue weighted by Gasteiger charge is 1.99. The molecule has 0 aliphatic rings. The molecule has 1 atom stereocenters. The first kappa shape index (κ1) is 10.6. The number of aliphatic hydroxyl groups excluding tert-OH is 1. The lowest BCUT2D eigenvalue weighted by molar-refractivity contribution is -0.118. The van der Waals surface area contributed by atoms with Gasteiger partial charge in [0, 0.05) is 12.8 Å². The molecule has 1 unspecified atom stereocenters. The fourth-order valence-corrected chi connectivity index (χ4v) is 0.939. The van der Waals surface area contributed by atoms with Gasteiger partial charge in [-0.25, -0.2) is 0 Å². The van der Waals surface area contributed by atoms with Crippen LogP contribution in [0.3, 0.4) is 0 Å². The summed E-state index contributed by atoms with van der Waals surface area (Å²) in [7, 11) is 0. The third kappa shape index (κ3) is 7.53. The van der Waals surface area contributed by atoms with Gasteiger partial charge in [0.05, 0.1) is 6.10 Å². The summed E-state index contributed by atoms with van der Waals surface area (Å²) in [6, 6.07) is 0. The number of rotatable bonds is 6. The highest BCUT2D eigenvalue weighted by Crippen LogP contribution is 2.04. The first-order valence-electron chi connectivity index (χ1n) is 4.36. The Kier molecular flexibility index (Phi) is 6.13. The van der Waals surface area contributed by atoms with Gasteiger partial charge in [-0.3, -0.25) is 4.79 Å². The van der Waals surface area contributed by atoms with Crippen LogP contribution in [0.5, 0.6) is 0 Å². The van der Waals surface area contributed by atoms with Crippen LogP contribution in [0.25, 0.3) is 0 Å². The van der Waals surface area contributed by atoms with Crippen molar-refractivity contribution in [3.8, 4) is 0 Å². The monoisotopic (exact) mass is 158 g/mol. The molecule has 0 aromatic heterocycles. The van der Waals surface area contributed by atoms with Crippen molar-refractivity contribution in [2.45, 2.75) is 52.1 Å². The molecule has 0 aromatic rings. The van der Waals surface area contributed by atoms with Gasteiger partial charge in [0.1, 0.15) is 5.78 Å². The number of unbranched alkanes of at least 4 members (excludes halogenated alkanes) is 1. The van der Waals surface area contributed by atoms with Crippen LogP contribution >= 0.6 is 0 Å². The fraction of sp³-hybridized carbons (Fsp3) is 0.889. The molecule has 0 rings (SSSR count). The lowest BCUT2D eigenvalue weighted by Crippen LogP contribution is -2.00. The van der Waals surface area contributed by atoms with Crippen LogP contribution in [-0.4, -0.2) is 17.0 Å². The minimum absolute atomic E-state index is 0.216. The second kappa shape index (κ2) is 6.35. The van der Waals surface area contributed by atoms with Gasteiger partial charge in [-0.15, -0.1) is 0 Å². The Labute approximate surface area is 68.6 Å². The largest absolute Gasteiger partial charge is 0.393 e. The predicted octanol–water partition coefficient (Wildman–Crippen LogP) is 1.91. The summed E-state index contributed by atoms with van der Waals surface area (Å²) < 4.78 is 0. The van der Waals surface area contributed by atoms with E-state index in [-0.39, 0.29) is 6.10 Å². The van der Waals surface area contributed by atoms with Crippen LogP contribution in [0, 0.1) is 0 Å². The van der Waals surface area contributed by atoms with Crippen LogP contribution in [-0.2, 0) is 4.79 Å². The smallest absolute Gasteiger partial charge is 0.132 e. The molecule has 0 aliphatic carbocycles. The summed E-state index contributed by atoms with van der Waals surface area (Å²) in [6.45, 7) is 3.67. The summed E-state index contributed by atoms with van der Waals surface area (Å²) >= 11 is 0. The summed E-state index contributed by atoms with van der Waals surface area (Å²) in [4.78, 5) is 10.8. The maximum atomic E-state index is 10.8. The molecule has 0 saturated carbocycles. The standard InChI is InChI=1S/C9H18O2/c1-3-9(11)7-5-4-6-8(2)10/h8,10H,3-7H2,1-2H3. The highest BCUT2D eigenvalue weighted by molar-refractivity contribution is 5.77. The summed E-state index contributed by atoms with van der Waals surface area (Å²) in [5, 5.41) is 8.89. The van der Waals surface area contributed by atoms with E-state index in [4.69, 9.17) is 5.11 Å². The molecular formula is C9H18O2. The van der Waals surface area contributed by atoms with Crippen molar-refractivity contribution in [3.63, 3.8) is 0 Å². The summed E-state index contributed by atoms with van der Waals surface area (Å²) in [6.07, 6.45) is 3.82. The van der Waals surface area contributed by atoms with Gasteiger partial charge in [0.2, 0.25) is 0 Å². The molecule has 0 amide bonds. The molecule has 2 heteroatoms. The fourth-order valence-electron chi connectivity index (χ4n) is 0.939. The van der Waals surface area contributed by atoms with Gasteiger partial charge in [-0.2, -0.15) is 0 Å². The molecule has 0 fully saturated rings. The lowest BCUT2D eigenvalue weighted by Gasteiger charge is -2.01. The second-order valence-corrected chi connectivity index (χ2v) is 2.99. The maximum absolute atomic E-state index is 10.8. The normalized spacial score (nSPS) is 13.0. The topological polar surface area (TPSA) is 37.3 Å². The summed E-state index contributed by atoms with van der Waals surface area (Å²) in [5.74, 6) is 0.329. The molecule has 1 N–H and O–H groups in total. The van der Waals surface area contributed by atoms with Crippen LogP contribution in [0.1, 0.15) is 46.0 Å². The number of carbonyl (C=O) groups is 1. The van der Waals surface area contributed by atoms with E-state index in [1.807, 2.05) is 6.92 Å². The first-order chi connectivity index (χ1) is 5.16. The van der Waals surface area contributed by atoms with Crippen molar-refractivity contribution in [2.75, 3.05) is 0 Å². The van der Waals surface area contributed by atoms with Crippen molar-refractivity contribution >= 4 is 5.78 Å². The third-order valence-corrected chi connectivity index (χ3v) is 1.72. The van der Waals surface area contributed by atoms with E-state index in [9.17, 15) is 4.79 Å². The van der Waals surface area contributed by atoms with E-state index in [0.717, 1.165) is 19.3 Å². The molecule has 0 saturated heterocycles. The Morgan fingerprint density at radius 3 is 2.55 bits per heavy atom. The van der Waals surface area contributed by atoms with E-state index < -0.39 is 0 Å². The van der Waals surface area contributed by atoms with Gasteiger partial charge in [-0.1, -0.05) is 13.3 Å². The number of hydrogen-bond acceptors (Lipinski definition) is 2. The average molecular weight is 158 g/mol. The number of ketones is 1. The minimum Gasteiger partial charge on any atom is -0.393 e. The Balaban J connectivity index is 3.08. The molecule has 0 spiro atoms. The van der Waals surface area contributed by atoms with Crippen LogP contribution < -0.4 is 0 Å². The number of Topliss-reactive ketones (excluding diaryl/α,β-unsaturated/α-hetero) is 1. The SMILES string of the molecule is CCC(=O)CCCCC(C)O. The van der Waals surface area contributed by atoms with E-state index in [1.165, 1.54) is 0 Å². The van der Waals surface area contributed by atoms with Crippen molar-refractivity contribution < 1.29 is 9.90 Å². The van der Waals surface area contributed by atoms with E-state index in [1.54, 1.807) is 6.92 Å². The predicted molar refractivity (Wildman–Crippen MR) is 45.4 cm³/mol. The zero-order valence-electron chi connectivity index (χ0n) is 7.47. The van der Waals surface area contributed by atoms with E-state index in [0.29, 0.717) is 18.6 Å². The molecule has 66 valence electrons. The number of aliphatic hydroxyl groups is 1. The van der Waals surface area contributed by atoms with Crippen LogP contribution in [0.15, 0.2) is 0 Å². The van der Waals surface area contributed by atoms with Gasteiger partial charge < -0.3 is 5.11 Å². The molecule has 2 nitrogen and oxygen atoms in total. The van der Waals surface area contributed by atoms with Gasteiger partial charge in [0.25, 0.3) is 0 Å². The number of hydrogen-bond donors (Lipinski definition) is 1. The average Bonchev–Trinajstić information content (AvgIpc) is 1.97. The van der Waals surface area contributed by atoms with Crippen molar-refractivity contribution in [1.29, 1.82) is 0 Å². The molecule has 0 aromatic carbocycles. The van der Waals surface area contributed by atoms with E-state index in [2.05, 4.69) is 0 Å². The second-order valence-electron chi connectivity index (χ2n) is 2.99. The molecule has 11 heavy (non-hydrogen) atoms. The first-order valence-corrected chi connectivity index (χ1v) is 4.36. The van der Waals surface area contributed by atoms with Crippen LogP contribution in [0.4, 0.5) is 0 Å². The Morgan fingerprint density at radius 1 is 1.45 bits per heavy atom. The van der Waals surface area contributed by atoms with E-state index >= 15 is 0 Å². The Hall–Kier alpha value is -0.370. The molecule has 0 radical (unpaired) electrons. The zero-order chi connectivity index (χ0) is 8.69. The quantitative estimate of drug-likeness (QED) is 0.599. The Bertz CT molecular complexity index is 108. The maximum Gasteiger partial charge on any atom is 0.132 e. The summed E-state index contributed by atoms with van der Waals surface area (Å²) in [5.41, 5.74) is 0. The molecule has 0 aliphatic heterocycles.